The predicted molar refractivity (Wildman–Crippen MR) is 63.4 cm³/mol. The van der Waals surface area contributed by atoms with E-state index in [1.807, 2.05) is 0 Å². The number of ether oxygens (including phenoxy) is 1. The molecule has 1 aromatic rings. The van der Waals surface area contributed by atoms with E-state index in [-0.39, 0.29) is 30.3 Å². The van der Waals surface area contributed by atoms with E-state index in [9.17, 15) is 14.9 Å². The maximum Gasteiger partial charge on any atom is 0.353 e. The minimum atomic E-state index is -0.591. The van der Waals surface area contributed by atoms with Gasteiger partial charge in [-0.3, -0.25) is 14.9 Å². The summed E-state index contributed by atoms with van der Waals surface area (Å²) in [6, 6.07) is 0. The molecule has 18 heavy (non-hydrogen) atoms. The Kier molecular flexibility index (Phi) is 4.78. The summed E-state index contributed by atoms with van der Waals surface area (Å²) >= 11 is 0. The van der Waals surface area contributed by atoms with Crippen molar-refractivity contribution in [3.05, 3.63) is 16.4 Å². The Balaban J connectivity index is 2.82. The molecule has 0 atom stereocenters. The van der Waals surface area contributed by atoms with Crippen molar-refractivity contribution in [1.82, 2.24) is 9.97 Å². The molecule has 0 unspecified atom stereocenters. The Hall–Kier alpha value is -2.45. The monoisotopic (exact) mass is 255 g/mol. The highest BCUT2D eigenvalue weighted by molar-refractivity contribution is 5.71. The van der Waals surface area contributed by atoms with Gasteiger partial charge >= 0.3 is 11.7 Å². The summed E-state index contributed by atoms with van der Waals surface area (Å²) in [5.41, 5.74) is -0.259. The first kappa shape index (κ1) is 13.6. The van der Waals surface area contributed by atoms with E-state index in [1.54, 1.807) is 0 Å². The fourth-order valence-electron chi connectivity index (χ4n) is 1.25. The van der Waals surface area contributed by atoms with E-state index in [0.717, 1.165) is 0 Å². The summed E-state index contributed by atoms with van der Waals surface area (Å²) in [5, 5.41) is 16.2. The molecule has 98 valence electrons. The molecule has 0 aliphatic rings. The molecule has 0 saturated heterocycles. The van der Waals surface area contributed by atoms with Gasteiger partial charge in [-0.15, -0.1) is 0 Å². The van der Waals surface area contributed by atoms with Gasteiger partial charge in [0.2, 0.25) is 11.6 Å². The van der Waals surface area contributed by atoms with Gasteiger partial charge in [0.25, 0.3) is 0 Å². The quantitative estimate of drug-likeness (QED) is 0.426. The third-order valence-electron chi connectivity index (χ3n) is 2.09. The fraction of sp³-hybridized carbons (Fsp3) is 0.444. The van der Waals surface area contributed by atoms with Gasteiger partial charge in [-0.2, -0.15) is 0 Å². The molecule has 1 heterocycles. The van der Waals surface area contributed by atoms with E-state index in [0.29, 0.717) is 0 Å². The van der Waals surface area contributed by atoms with Gasteiger partial charge in [-0.05, 0) is 0 Å². The van der Waals surface area contributed by atoms with Crippen LogP contribution < -0.4 is 10.6 Å². The van der Waals surface area contributed by atoms with Gasteiger partial charge in [0.15, 0.2) is 0 Å². The van der Waals surface area contributed by atoms with Gasteiger partial charge in [-0.1, -0.05) is 0 Å². The number of anilines is 2. The maximum atomic E-state index is 10.9. The molecule has 0 fully saturated rings. The second kappa shape index (κ2) is 6.33. The minimum Gasteiger partial charge on any atom is -0.469 e. The summed E-state index contributed by atoms with van der Waals surface area (Å²) in [7, 11) is 2.79. The van der Waals surface area contributed by atoms with Gasteiger partial charge in [-0.25, -0.2) is 9.97 Å². The summed E-state index contributed by atoms with van der Waals surface area (Å²) in [4.78, 5) is 28.7. The molecule has 9 nitrogen and oxygen atoms in total. The number of hydrogen-bond acceptors (Lipinski definition) is 8. The molecule has 0 aliphatic carbocycles. The fourth-order valence-corrected chi connectivity index (χ4v) is 1.25. The Morgan fingerprint density at radius 3 is 2.72 bits per heavy atom. The minimum absolute atomic E-state index is 0.0586. The van der Waals surface area contributed by atoms with Crippen LogP contribution in [0.3, 0.4) is 0 Å². The lowest BCUT2D eigenvalue weighted by Crippen LogP contribution is -2.12. The van der Waals surface area contributed by atoms with Crippen LogP contribution in [0.25, 0.3) is 0 Å². The Morgan fingerprint density at radius 1 is 1.50 bits per heavy atom. The normalized spacial score (nSPS) is 9.67. The van der Waals surface area contributed by atoms with E-state index >= 15 is 0 Å². The number of nitrogens with one attached hydrogen (secondary N) is 2. The Morgan fingerprint density at radius 2 is 2.17 bits per heavy atom. The number of rotatable bonds is 6. The number of esters is 1. The zero-order valence-corrected chi connectivity index (χ0v) is 9.97. The van der Waals surface area contributed by atoms with E-state index in [2.05, 4.69) is 25.3 Å². The first-order valence-electron chi connectivity index (χ1n) is 5.08. The largest absolute Gasteiger partial charge is 0.469 e. The van der Waals surface area contributed by atoms with E-state index in [4.69, 9.17) is 0 Å². The van der Waals surface area contributed by atoms with Crippen LogP contribution in [0.5, 0.6) is 0 Å². The van der Waals surface area contributed by atoms with E-state index in [1.165, 1.54) is 20.5 Å². The lowest BCUT2D eigenvalue weighted by molar-refractivity contribution is -0.383. The van der Waals surface area contributed by atoms with Crippen LogP contribution in [0.15, 0.2) is 6.33 Å². The molecule has 0 spiro atoms. The van der Waals surface area contributed by atoms with Crippen molar-refractivity contribution in [2.45, 2.75) is 6.42 Å². The Bertz CT molecular complexity index is 451. The summed E-state index contributed by atoms with van der Waals surface area (Å²) in [6.45, 7) is 0.188. The highest BCUT2D eigenvalue weighted by atomic mass is 16.6. The number of aromatic nitrogens is 2. The highest BCUT2D eigenvalue weighted by Gasteiger charge is 2.21. The summed E-state index contributed by atoms with van der Waals surface area (Å²) in [6.07, 6.45) is 1.28. The van der Waals surface area contributed by atoms with Crippen LogP contribution in [-0.4, -0.2) is 41.6 Å². The molecule has 9 heteroatoms. The summed E-state index contributed by atoms with van der Waals surface area (Å²) in [5.74, 6) is -0.244. The average molecular weight is 255 g/mol. The molecule has 0 amide bonds. The van der Waals surface area contributed by atoms with E-state index < -0.39 is 10.9 Å². The van der Waals surface area contributed by atoms with Crippen molar-refractivity contribution in [2.75, 3.05) is 31.3 Å². The smallest absolute Gasteiger partial charge is 0.353 e. The maximum absolute atomic E-state index is 10.9. The van der Waals surface area contributed by atoms with Crippen molar-refractivity contribution in [1.29, 1.82) is 0 Å². The molecule has 1 rings (SSSR count). The third kappa shape index (κ3) is 3.27. The zero-order valence-electron chi connectivity index (χ0n) is 9.97. The number of methoxy groups -OCH3 is 1. The number of hydrogen-bond donors (Lipinski definition) is 2. The molecule has 0 aliphatic heterocycles. The van der Waals surface area contributed by atoms with Gasteiger partial charge in [0.1, 0.15) is 6.33 Å². The zero-order chi connectivity index (χ0) is 13.5. The molecular weight excluding hydrogens is 242 g/mol. The molecular formula is C9H13N5O4. The van der Waals surface area contributed by atoms with Crippen molar-refractivity contribution in [2.24, 2.45) is 0 Å². The molecule has 0 saturated carbocycles. The second-order valence-corrected chi connectivity index (χ2v) is 3.18. The van der Waals surface area contributed by atoms with Crippen molar-refractivity contribution in [3.63, 3.8) is 0 Å². The van der Waals surface area contributed by atoms with Gasteiger partial charge in [0.05, 0.1) is 18.5 Å². The topological polar surface area (TPSA) is 119 Å². The Labute approximate surface area is 103 Å². The van der Waals surface area contributed by atoms with Crippen LogP contribution in [0.2, 0.25) is 0 Å². The number of carbonyl (C=O) groups is 1. The molecule has 0 radical (unpaired) electrons. The number of nitro groups is 1. The van der Waals surface area contributed by atoms with Crippen molar-refractivity contribution in [3.8, 4) is 0 Å². The molecule has 1 aromatic heterocycles. The predicted octanol–water partition coefficient (Wildman–Crippen LogP) is 0.402. The van der Waals surface area contributed by atoms with Crippen molar-refractivity contribution < 1.29 is 14.5 Å². The molecule has 2 N–H and O–H groups in total. The second-order valence-electron chi connectivity index (χ2n) is 3.18. The van der Waals surface area contributed by atoms with Gasteiger partial charge < -0.3 is 15.4 Å². The molecule has 0 bridgehead atoms. The van der Waals surface area contributed by atoms with Crippen LogP contribution in [0.4, 0.5) is 17.3 Å². The first-order valence-corrected chi connectivity index (χ1v) is 5.08. The SMILES string of the molecule is CNc1ncnc(NCCC(=O)OC)c1[N+](=O)[O-]. The average Bonchev–Trinajstić information content (AvgIpc) is 2.37. The summed E-state index contributed by atoms with van der Waals surface area (Å²) < 4.78 is 4.45. The van der Waals surface area contributed by atoms with Crippen LogP contribution in [-0.2, 0) is 9.53 Å². The third-order valence-corrected chi connectivity index (χ3v) is 2.09. The standard InChI is InChI=1S/C9H13N5O4/c1-10-8-7(14(16)17)9(13-5-12-8)11-4-3-6(15)18-2/h5H,3-4H2,1-2H3,(H2,10,11,12,13). The lowest BCUT2D eigenvalue weighted by atomic mass is 10.4. The number of nitrogens with zero attached hydrogens (tertiary/aromatic N) is 3. The van der Waals surface area contributed by atoms with Crippen LogP contribution >= 0.6 is 0 Å². The number of carbonyl (C=O) groups excluding carboxylic acids is 1. The molecule has 0 aromatic carbocycles. The van der Waals surface area contributed by atoms with Crippen LogP contribution in [0, 0.1) is 10.1 Å². The highest BCUT2D eigenvalue weighted by Crippen LogP contribution is 2.28. The van der Waals surface area contributed by atoms with Crippen molar-refractivity contribution >= 4 is 23.3 Å². The van der Waals surface area contributed by atoms with Gasteiger partial charge in [0, 0.05) is 13.6 Å². The first-order chi connectivity index (χ1) is 8.60. The lowest BCUT2D eigenvalue weighted by Gasteiger charge is -2.07. The van der Waals surface area contributed by atoms with Crippen LogP contribution in [0.1, 0.15) is 6.42 Å².